The first-order valence-corrected chi connectivity index (χ1v) is 20.0. The number of halogens is 2. The van der Waals surface area contributed by atoms with E-state index in [1.54, 1.807) is 18.2 Å². The van der Waals surface area contributed by atoms with Crippen molar-refractivity contribution in [2.45, 2.75) is 76.7 Å². The summed E-state index contributed by atoms with van der Waals surface area (Å²) in [6.07, 6.45) is -5.23. The van der Waals surface area contributed by atoms with Gasteiger partial charge in [0.15, 0.2) is 12.2 Å². The highest BCUT2D eigenvalue weighted by atomic mass is 19.3. The van der Waals surface area contributed by atoms with Gasteiger partial charge in [-0.1, -0.05) is 133 Å². The maximum absolute atomic E-state index is 17.2. The quantitative estimate of drug-likeness (QED) is 0.0928. The fraction of sp³-hybridized carbons (Fsp3) is 0.280. The van der Waals surface area contributed by atoms with E-state index in [2.05, 4.69) is 0 Å². The highest BCUT2D eigenvalue weighted by molar-refractivity contribution is 5.48. The van der Waals surface area contributed by atoms with Gasteiger partial charge in [-0.15, -0.1) is 0 Å². The normalized spacial score (nSPS) is 19.9. The van der Waals surface area contributed by atoms with Gasteiger partial charge in [0, 0.05) is 0 Å². The van der Waals surface area contributed by atoms with E-state index >= 15 is 8.78 Å². The molecule has 4 atom stereocenters. The minimum atomic E-state index is -3.69. The number of rotatable bonds is 18. The Morgan fingerprint density at radius 2 is 1.10 bits per heavy atom. The van der Waals surface area contributed by atoms with E-state index in [1.165, 1.54) is 0 Å². The Hall–Kier alpha value is -5.42. The third kappa shape index (κ3) is 10.4. The smallest absolute Gasteiger partial charge is 0.304 e. The van der Waals surface area contributed by atoms with Crippen molar-refractivity contribution in [3.05, 3.63) is 202 Å². The minimum Gasteiger partial charge on any atom is -0.494 e. The molecule has 0 aliphatic carbocycles. The molecule has 306 valence electrons. The molecule has 7 rings (SSSR count). The molecule has 1 saturated heterocycles. The molecule has 1 fully saturated rings. The van der Waals surface area contributed by atoms with Crippen LogP contribution in [0.25, 0.3) is 0 Å². The summed E-state index contributed by atoms with van der Waals surface area (Å²) in [7, 11) is 0. The van der Waals surface area contributed by atoms with E-state index in [9.17, 15) is 5.11 Å². The van der Waals surface area contributed by atoms with Gasteiger partial charge in [0.2, 0.25) is 5.79 Å². The van der Waals surface area contributed by atoms with E-state index in [0.29, 0.717) is 24.2 Å². The zero-order valence-corrected chi connectivity index (χ0v) is 33.3. The molecule has 1 N–H and O–H groups in total. The maximum Gasteiger partial charge on any atom is 0.304 e. The average Bonchev–Trinajstić information content (AvgIpc) is 3.26. The van der Waals surface area contributed by atoms with Crippen LogP contribution >= 0.6 is 0 Å². The topological polar surface area (TPSA) is 75.6 Å². The highest BCUT2D eigenvalue weighted by Gasteiger charge is 2.66. The molecule has 0 spiro atoms. The summed E-state index contributed by atoms with van der Waals surface area (Å²) in [5.74, 6) is -5.20. The van der Waals surface area contributed by atoms with Gasteiger partial charge in [0.1, 0.15) is 24.2 Å². The number of hydrogen-bond donors (Lipinski definition) is 1. The lowest BCUT2D eigenvalue weighted by Crippen LogP contribution is -2.68. The number of aryl methyl sites for hydroxylation is 1. The number of hydrogen-bond acceptors (Lipinski definition) is 7. The van der Waals surface area contributed by atoms with Gasteiger partial charge in [-0.25, -0.2) is 8.78 Å². The average molecular weight is 801 g/mol. The van der Waals surface area contributed by atoms with Crippen molar-refractivity contribution in [2.75, 3.05) is 13.2 Å². The van der Waals surface area contributed by atoms with Gasteiger partial charge in [-0.05, 0) is 83.5 Å². The Labute approximate surface area is 345 Å². The lowest BCUT2D eigenvalue weighted by molar-refractivity contribution is -0.406. The summed E-state index contributed by atoms with van der Waals surface area (Å²) in [6.45, 7) is 3.80. The summed E-state index contributed by atoms with van der Waals surface area (Å²) in [5, 5.41) is 13.3. The molecule has 6 aromatic carbocycles. The van der Waals surface area contributed by atoms with Gasteiger partial charge >= 0.3 is 5.92 Å². The fourth-order valence-electron chi connectivity index (χ4n) is 7.23. The van der Waals surface area contributed by atoms with Crippen molar-refractivity contribution in [3.63, 3.8) is 0 Å². The predicted molar refractivity (Wildman–Crippen MR) is 222 cm³/mol. The summed E-state index contributed by atoms with van der Waals surface area (Å²) < 4.78 is 71.6. The number of aliphatic hydroxyl groups is 1. The van der Waals surface area contributed by atoms with Crippen molar-refractivity contribution < 1.29 is 42.3 Å². The predicted octanol–water partition coefficient (Wildman–Crippen LogP) is 10.1. The summed E-state index contributed by atoms with van der Waals surface area (Å²) >= 11 is 0. The Balaban J connectivity index is 1.33. The van der Waals surface area contributed by atoms with Crippen LogP contribution in [0.5, 0.6) is 11.5 Å². The molecule has 1 aliphatic heterocycles. The molecule has 0 aromatic heterocycles. The van der Waals surface area contributed by atoms with Crippen molar-refractivity contribution >= 4 is 0 Å². The zero-order chi connectivity index (χ0) is 41.1. The van der Waals surface area contributed by atoms with Crippen LogP contribution in [-0.2, 0) is 57.6 Å². The van der Waals surface area contributed by atoms with Crippen LogP contribution in [0, 0.1) is 6.92 Å². The van der Waals surface area contributed by atoms with Gasteiger partial charge in [-0.3, -0.25) is 0 Å². The lowest BCUT2D eigenvalue weighted by atomic mass is 9.84. The molecule has 1 unspecified atom stereocenters. The van der Waals surface area contributed by atoms with Crippen LogP contribution in [0.3, 0.4) is 0 Å². The zero-order valence-electron chi connectivity index (χ0n) is 33.3. The van der Waals surface area contributed by atoms with Crippen LogP contribution in [0.1, 0.15) is 51.4 Å². The van der Waals surface area contributed by atoms with E-state index in [0.717, 1.165) is 33.6 Å². The molecule has 9 heteroatoms. The van der Waals surface area contributed by atoms with Crippen LogP contribution in [0.4, 0.5) is 8.78 Å². The van der Waals surface area contributed by atoms with Crippen molar-refractivity contribution in [2.24, 2.45) is 0 Å². The molecular weight excluding hydrogens is 751 g/mol. The molecular formula is C50H50F2O7. The van der Waals surface area contributed by atoms with Crippen molar-refractivity contribution in [1.82, 2.24) is 0 Å². The largest absolute Gasteiger partial charge is 0.494 e. The third-order valence-corrected chi connectivity index (χ3v) is 10.4. The molecule has 0 bridgehead atoms. The van der Waals surface area contributed by atoms with Crippen LogP contribution in [0.15, 0.2) is 158 Å². The van der Waals surface area contributed by atoms with E-state index in [4.69, 9.17) is 28.4 Å². The summed E-state index contributed by atoms with van der Waals surface area (Å²) in [4.78, 5) is 0. The number of alkyl halides is 2. The second-order valence-electron chi connectivity index (χ2n) is 14.7. The monoisotopic (exact) mass is 800 g/mol. The van der Waals surface area contributed by atoms with Crippen LogP contribution in [-0.4, -0.2) is 42.6 Å². The standard InChI is InChI=1S/C50H50F2O7/c1-3-55-43-26-24-37(25-27-43)29-42-30-44(45(28-36(42)2)56-32-39-18-10-5-11-19-39)50(53)48(58-34-41-22-14-7-15-23-41)47(57-33-40-20-12-6-13-21-40)49(51,52)46(59-50)35-54-31-38-16-8-4-9-17-38/h4-28,30,46-48,53H,3,29,31-35H2,1-2H3/t46-,47-,48-,50?/m1/s1. The third-order valence-electron chi connectivity index (χ3n) is 10.4. The van der Waals surface area contributed by atoms with Gasteiger partial charge < -0.3 is 33.5 Å². The lowest BCUT2D eigenvalue weighted by Gasteiger charge is -2.50. The first kappa shape index (κ1) is 41.7. The van der Waals surface area contributed by atoms with Gasteiger partial charge in [-0.2, -0.15) is 0 Å². The Morgan fingerprint density at radius 3 is 1.64 bits per heavy atom. The molecule has 1 aliphatic rings. The van der Waals surface area contributed by atoms with Crippen LogP contribution < -0.4 is 9.47 Å². The Morgan fingerprint density at radius 1 is 0.593 bits per heavy atom. The summed E-state index contributed by atoms with van der Waals surface area (Å²) in [5.41, 5.74) is 5.89. The molecule has 6 aromatic rings. The van der Waals surface area contributed by atoms with Gasteiger partial charge in [0.05, 0.1) is 38.6 Å². The first-order valence-electron chi connectivity index (χ1n) is 20.0. The maximum atomic E-state index is 17.2. The van der Waals surface area contributed by atoms with E-state index < -0.39 is 36.6 Å². The minimum absolute atomic E-state index is 0.0564. The van der Waals surface area contributed by atoms with Crippen molar-refractivity contribution in [1.29, 1.82) is 0 Å². The Bertz CT molecular complexity index is 2190. The SMILES string of the molecule is CCOc1ccc(Cc2cc(C3(O)O[C@H](COCc4ccccc4)C(F)(F)[C@H](OCc4ccccc4)[C@H]3OCc3ccccc3)c(OCc3ccccc3)cc2C)cc1. The molecule has 0 saturated carbocycles. The number of ether oxygens (including phenoxy) is 6. The molecule has 7 nitrogen and oxygen atoms in total. The second kappa shape index (κ2) is 19.6. The fourth-order valence-corrected chi connectivity index (χ4v) is 7.23. The summed E-state index contributed by atoms with van der Waals surface area (Å²) in [6, 6.07) is 48.5. The van der Waals surface area contributed by atoms with E-state index in [1.807, 2.05) is 153 Å². The van der Waals surface area contributed by atoms with E-state index in [-0.39, 0.29) is 37.7 Å². The molecule has 0 radical (unpaired) electrons. The second-order valence-corrected chi connectivity index (χ2v) is 14.7. The first-order chi connectivity index (χ1) is 28.7. The Kier molecular flexibility index (Phi) is 13.8. The van der Waals surface area contributed by atoms with Crippen LogP contribution in [0.2, 0.25) is 0 Å². The van der Waals surface area contributed by atoms with Gasteiger partial charge in [0.25, 0.3) is 0 Å². The highest BCUT2D eigenvalue weighted by Crippen LogP contribution is 2.49. The molecule has 1 heterocycles. The number of benzene rings is 6. The molecule has 0 amide bonds. The molecule has 59 heavy (non-hydrogen) atoms. The van der Waals surface area contributed by atoms with Crippen molar-refractivity contribution in [3.8, 4) is 11.5 Å².